The Morgan fingerprint density at radius 3 is 2.47 bits per heavy atom. The Morgan fingerprint density at radius 2 is 1.91 bits per heavy atom. The van der Waals surface area contributed by atoms with Crippen LogP contribution in [-0.2, 0) is 17.4 Å². The fourth-order valence-electron chi connectivity index (χ4n) is 3.90. The lowest BCUT2D eigenvalue weighted by molar-refractivity contribution is -0.216. The average Bonchev–Trinajstić information content (AvgIpc) is 2.70. The van der Waals surface area contributed by atoms with Crippen LogP contribution in [0.2, 0.25) is 0 Å². The summed E-state index contributed by atoms with van der Waals surface area (Å²) in [6, 6.07) is 5.83. The number of hydrogen-bond acceptors (Lipinski definition) is 6. The predicted molar refractivity (Wildman–Crippen MR) is 112 cm³/mol. The van der Waals surface area contributed by atoms with Crippen molar-refractivity contribution in [2.75, 3.05) is 18.0 Å². The van der Waals surface area contributed by atoms with Crippen molar-refractivity contribution in [2.24, 2.45) is 0 Å². The van der Waals surface area contributed by atoms with E-state index in [0.29, 0.717) is 16.9 Å². The van der Waals surface area contributed by atoms with Crippen molar-refractivity contribution in [3.63, 3.8) is 0 Å². The topological polar surface area (TPSA) is 100.0 Å². The number of anilines is 1. The van der Waals surface area contributed by atoms with Crippen LogP contribution >= 0.6 is 0 Å². The summed E-state index contributed by atoms with van der Waals surface area (Å²) in [6.07, 6.45) is -3.98. The van der Waals surface area contributed by atoms with Crippen molar-refractivity contribution in [3.05, 3.63) is 58.4 Å². The smallest absolute Gasteiger partial charge is 0.417 e. The fraction of sp³-hybridized carbons (Fsp3) is 0.429. The number of aliphatic carboxylic acids is 1. The Kier molecular flexibility index (Phi) is 6.47. The summed E-state index contributed by atoms with van der Waals surface area (Å²) in [5.41, 5.74) is 0.251. The molecular formula is C21H25F3N4O4. The van der Waals surface area contributed by atoms with Gasteiger partial charge in [0.05, 0.1) is 24.6 Å². The van der Waals surface area contributed by atoms with E-state index in [4.69, 9.17) is 5.11 Å². The van der Waals surface area contributed by atoms with Crippen molar-refractivity contribution in [2.45, 2.75) is 45.5 Å². The number of piperazine rings is 1. The Balaban J connectivity index is 1.82. The lowest BCUT2D eigenvalue weighted by Crippen LogP contribution is -2.68. The fourth-order valence-corrected chi connectivity index (χ4v) is 3.90. The molecule has 0 amide bonds. The second kappa shape index (κ2) is 8.66. The number of halogens is 3. The van der Waals surface area contributed by atoms with Gasteiger partial charge in [-0.3, -0.25) is 4.79 Å². The monoisotopic (exact) mass is 454 g/mol. The van der Waals surface area contributed by atoms with Crippen LogP contribution in [-0.4, -0.2) is 51.4 Å². The van der Waals surface area contributed by atoms with Gasteiger partial charge in [-0.1, -0.05) is 6.07 Å². The summed E-state index contributed by atoms with van der Waals surface area (Å²) < 4.78 is 38.4. The quantitative estimate of drug-likeness (QED) is 0.524. The average molecular weight is 454 g/mol. The Bertz CT molecular complexity index is 982. The third-order valence-electron chi connectivity index (χ3n) is 5.96. The molecule has 3 rings (SSSR count). The van der Waals surface area contributed by atoms with Gasteiger partial charge < -0.3 is 15.2 Å². The predicted octanol–water partition coefficient (Wildman–Crippen LogP) is 3.74. The van der Waals surface area contributed by atoms with Crippen LogP contribution in [0.1, 0.15) is 30.5 Å². The van der Waals surface area contributed by atoms with Crippen LogP contribution in [0, 0.1) is 12.1 Å². The van der Waals surface area contributed by atoms with Crippen molar-refractivity contribution >= 4 is 17.5 Å². The molecule has 1 fully saturated rings. The minimum absolute atomic E-state index is 0.0213. The van der Waals surface area contributed by atoms with Crippen LogP contribution in [0.5, 0.6) is 0 Å². The first-order valence-corrected chi connectivity index (χ1v) is 10.0. The second-order valence-electron chi connectivity index (χ2n) is 7.97. The highest BCUT2D eigenvalue weighted by atomic mass is 19.4. The van der Waals surface area contributed by atoms with E-state index in [1.165, 1.54) is 23.2 Å². The molecule has 1 aromatic heterocycles. The van der Waals surface area contributed by atoms with Crippen molar-refractivity contribution in [1.82, 2.24) is 14.9 Å². The molecule has 1 saturated heterocycles. The highest BCUT2D eigenvalue weighted by Crippen LogP contribution is 2.33. The van der Waals surface area contributed by atoms with Gasteiger partial charge in [0.2, 0.25) is 0 Å². The van der Waals surface area contributed by atoms with E-state index >= 15 is 0 Å². The van der Waals surface area contributed by atoms with E-state index < -0.39 is 28.7 Å². The Labute approximate surface area is 183 Å². The molecule has 32 heavy (non-hydrogen) atoms. The molecule has 1 aromatic carbocycles. The Morgan fingerprint density at radius 1 is 1.22 bits per heavy atom. The molecule has 2 N–H and O–H groups in total. The van der Waals surface area contributed by atoms with Gasteiger partial charge in [0.25, 0.3) is 0 Å². The first-order chi connectivity index (χ1) is 14.8. The number of nitrogens with zero attached hydrogens (tertiary/aromatic N) is 4. The zero-order valence-corrected chi connectivity index (χ0v) is 17.9. The number of benzene rings is 1. The van der Waals surface area contributed by atoms with Gasteiger partial charge in [0, 0.05) is 30.9 Å². The van der Waals surface area contributed by atoms with Gasteiger partial charge in [-0.05, 0) is 44.0 Å². The molecule has 1 aliphatic heterocycles. The number of quaternary nitrogens is 1. The van der Waals surface area contributed by atoms with Crippen LogP contribution in [0.4, 0.5) is 24.7 Å². The third kappa shape index (κ3) is 4.70. The zero-order chi connectivity index (χ0) is 23.8. The van der Waals surface area contributed by atoms with Gasteiger partial charge in [-0.15, -0.1) is 9.93 Å². The number of carboxylic acid groups (broad SMARTS) is 1. The first-order valence-electron chi connectivity index (χ1n) is 10.0. The summed E-state index contributed by atoms with van der Waals surface area (Å²) in [4.78, 5) is 15.0. The summed E-state index contributed by atoms with van der Waals surface area (Å²) >= 11 is 0. The van der Waals surface area contributed by atoms with E-state index in [0.717, 1.165) is 12.3 Å². The van der Waals surface area contributed by atoms with Crippen molar-refractivity contribution in [1.29, 1.82) is 0 Å². The minimum atomic E-state index is -4.48. The number of carboxylic acids is 1. The van der Waals surface area contributed by atoms with Gasteiger partial charge in [0.1, 0.15) is 5.82 Å². The van der Waals surface area contributed by atoms with Gasteiger partial charge in [0.15, 0.2) is 5.69 Å². The van der Waals surface area contributed by atoms with Crippen molar-refractivity contribution < 1.29 is 28.3 Å². The Hall–Kier alpha value is -2.73. The minimum Gasteiger partial charge on any atom is -0.572 e. The maximum absolute atomic E-state index is 13.3. The van der Waals surface area contributed by atoms with Crippen LogP contribution in [0.3, 0.4) is 0 Å². The number of hydrogen-bond donors (Lipinski definition) is 2. The molecule has 0 radical (unpaired) electrons. The van der Waals surface area contributed by atoms with Gasteiger partial charge >= 0.3 is 12.1 Å². The van der Waals surface area contributed by atoms with Gasteiger partial charge in [-0.2, -0.15) is 18.4 Å². The zero-order valence-electron chi connectivity index (χ0n) is 17.9. The number of pyridine rings is 1. The van der Waals surface area contributed by atoms with Crippen LogP contribution < -0.4 is 9.82 Å². The van der Waals surface area contributed by atoms with E-state index in [-0.39, 0.29) is 31.2 Å². The molecule has 2 heterocycles. The molecule has 174 valence electrons. The molecule has 8 nitrogen and oxygen atoms in total. The number of aromatic nitrogens is 1. The SMILES string of the molecule is Cc1ccc([N+]([O-])(O)N2CCN(c3ccc(C(F)(F)F)cn3)[C@@H](C)[C@H]2C)cc1CC(=O)O. The van der Waals surface area contributed by atoms with Crippen LogP contribution in [0.15, 0.2) is 36.5 Å². The lowest BCUT2D eigenvalue weighted by Gasteiger charge is -2.51. The largest absolute Gasteiger partial charge is 0.572 e. The highest BCUT2D eigenvalue weighted by molar-refractivity contribution is 5.71. The summed E-state index contributed by atoms with van der Waals surface area (Å²) in [7, 11) is 0. The number of rotatable bonds is 5. The first kappa shape index (κ1) is 23.9. The maximum atomic E-state index is 13.3. The lowest BCUT2D eigenvalue weighted by atomic mass is 10.0. The van der Waals surface area contributed by atoms with E-state index in [9.17, 15) is 28.4 Å². The number of alkyl halides is 3. The molecule has 3 atom stereocenters. The number of carbonyl (C=O) groups is 1. The van der Waals surface area contributed by atoms with E-state index in [2.05, 4.69) is 4.98 Å². The molecule has 2 aromatic rings. The third-order valence-corrected chi connectivity index (χ3v) is 5.96. The summed E-state index contributed by atoms with van der Waals surface area (Å²) in [5.74, 6) is -0.704. The van der Waals surface area contributed by atoms with Crippen LogP contribution in [0.25, 0.3) is 0 Å². The molecule has 1 unspecified atom stereocenters. The molecular weight excluding hydrogens is 429 g/mol. The van der Waals surface area contributed by atoms with E-state index in [1.54, 1.807) is 31.7 Å². The number of aryl methyl sites for hydroxylation is 1. The molecule has 0 aliphatic carbocycles. The standard InChI is InChI=1S/C21H25F3N4O4/c1-13-4-6-18(10-16(13)11-20(29)30)28(31,32)27-9-8-26(14(2)15(27)3)19-7-5-17(12-25-19)21(22,23)24/h4-7,10,12,14-15,31H,8-9,11H2,1-3H3,(H,29,30)/t14-,15+/m0/s1. The normalized spacial score (nSPS) is 21.9. The van der Waals surface area contributed by atoms with E-state index in [1.807, 2.05) is 0 Å². The summed E-state index contributed by atoms with van der Waals surface area (Å²) in [6.45, 7) is 5.60. The molecule has 11 heteroatoms. The van der Waals surface area contributed by atoms with Gasteiger partial charge in [-0.25, -0.2) is 4.98 Å². The van der Waals surface area contributed by atoms with Crippen molar-refractivity contribution in [3.8, 4) is 0 Å². The molecule has 0 saturated carbocycles. The summed E-state index contributed by atoms with van der Waals surface area (Å²) in [5, 5.41) is 34.5. The molecule has 0 bridgehead atoms. The molecule has 0 spiro atoms. The second-order valence-corrected chi connectivity index (χ2v) is 7.97. The molecule has 1 aliphatic rings. The maximum Gasteiger partial charge on any atom is 0.417 e. The highest BCUT2D eigenvalue weighted by Gasteiger charge is 2.42.